The summed E-state index contributed by atoms with van der Waals surface area (Å²) < 4.78 is 4.36. The van der Waals surface area contributed by atoms with Gasteiger partial charge < -0.3 is 10.2 Å². The van der Waals surface area contributed by atoms with Crippen molar-refractivity contribution in [3.63, 3.8) is 0 Å². The molecule has 1 aliphatic heterocycles. The van der Waals surface area contributed by atoms with Crippen molar-refractivity contribution in [2.75, 3.05) is 25.0 Å². The molecule has 1 atom stereocenters. The van der Waals surface area contributed by atoms with Crippen LogP contribution in [0.1, 0.15) is 45.4 Å². The van der Waals surface area contributed by atoms with E-state index in [-0.39, 0.29) is 0 Å². The van der Waals surface area contributed by atoms with Crippen molar-refractivity contribution in [3.8, 4) is 0 Å². The summed E-state index contributed by atoms with van der Waals surface area (Å²) in [7, 11) is 0. The number of hydrogen-bond donors (Lipinski definition) is 1. The van der Waals surface area contributed by atoms with Gasteiger partial charge in [0.15, 0.2) is 0 Å². The lowest BCUT2D eigenvalue weighted by Crippen LogP contribution is -2.38. The molecule has 1 aliphatic rings. The lowest BCUT2D eigenvalue weighted by atomic mass is 10.1. The molecule has 2 rings (SSSR count). The summed E-state index contributed by atoms with van der Waals surface area (Å²) in [5.41, 5.74) is 0. The highest BCUT2D eigenvalue weighted by molar-refractivity contribution is 7.09. The Morgan fingerprint density at radius 2 is 2.11 bits per heavy atom. The summed E-state index contributed by atoms with van der Waals surface area (Å²) >= 11 is 1.49. The zero-order valence-electron chi connectivity index (χ0n) is 11.5. The van der Waals surface area contributed by atoms with Crippen LogP contribution in [0.2, 0.25) is 0 Å². The second-order valence-corrected chi connectivity index (χ2v) is 5.92. The Morgan fingerprint density at radius 1 is 1.33 bits per heavy atom. The van der Waals surface area contributed by atoms with E-state index in [1.54, 1.807) is 0 Å². The fourth-order valence-corrected chi connectivity index (χ4v) is 3.15. The SMILES string of the molecule is CCCc1nsc(NC(C)CN2CCCCC2)n1. The molecule has 1 N–H and O–H groups in total. The molecule has 1 aromatic rings. The molecule has 1 saturated heterocycles. The number of aromatic nitrogens is 2. The highest BCUT2D eigenvalue weighted by Crippen LogP contribution is 2.15. The van der Waals surface area contributed by atoms with E-state index in [1.165, 1.54) is 43.9 Å². The quantitative estimate of drug-likeness (QED) is 0.861. The second kappa shape index (κ2) is 7.04. The van der Waals surface area contributed by atoms with Gasteiger partial charge in [-0.15, -0.1) is 0 Å². The van der Waals surface area contributed by atoms with Gasteiger partial charge in [0, 0.05) is 30.5 Å². The first-order chi connectivity index (χ1) is 8.78. The Morgan fingerprint density at radius 3 is 2.83 bits per heavy atom. The van der Waals surface area contributed by atoms with Crippen LogP contribution in [-0.2, 0) is 6.42 Å². The van der Waals surface area contributed by atoms with Crippen molar-refractivity contribution in [1.29, 1.82) is 0 Å². The van der Waals surface area contributed by atoms with E-state index < -0.39 is 0 Å². The first-order valence-electron chi connectivity index (χ1n) is 7.09. The molecule has 18 heavy (non-hydrogen) atoms. The maximum absolute atomic E-state index is 4.51. The van der Waals surface area contributed by atoms with Crippen LogP contribution in [0.25, 0.3) is 0 Å². The molecule has 4 nitrogen and oxygen atoms in total. The molecule has 102 valence electrons. The lowest BCUT2D eigenvalue weighted by Gasteiger charge is -2.29. The molecule has 0 aliphatic carbocycles. The van der Waals surface area contributed by atoms with E-state index in [2.05, 4.69) is 33.4 Å². The van der Waals surface area contributed by atoms with Crippen LogP contribution in [0.4, 0.5) is 5.13 Å². The smallest absolute Gasteiger partial charge is 0.202 e. The predicted molar refractivity (Wildman–Crippen MR) is 77.3 cm³/mol. The van der Waals surface area contributed by atoms with Gasteiger partial charge in [-0.3, -0.25) is 0 Å². The molecule has 0 bridgehead atoms. The average molecular weight is 268 g/mol. The van der Waals surface area contributed by atoms with E-state index in [4.69, 9.17) is 0 Å². The third kappa shape index (κ3) is 4.21. The van der Waals surface area contributed by atoms with Crippen molar-refractivity contribution in [2.24, 2.45) is 0 Å². The molecular weight excluding hydrogens is 244 g/mol. The molecule has 0 saturated carbocycles. The number of anilines is 1. The van der Waals surface area contributed by atoms with E-state index >= 15 is 0 Å². The number of piperidine rings is 1. The van der Waals surface area contributed by atoms with Gasteiger partial charge in [0.05, 0.1) is 0 Å². The van der Waals surface area contributed by atoms with Crippen LogP contribution in [0.15, 0.2) is 0 Å². The van der Waals surface area contributed by atoms with E-state index in [0.717, 1.165) is 30.3 Å². The van der Waals surface area contributed by atoms with Gasteiger partial charge in [0.1, 0.15) is 5.82 Å². The topological polar surface area (TPSA) is 41.1 Å². The van der Waals surface area contributed by atoms with Crippen molar-refractivity contribution < 1.29 is 0 Å². The summed E-state index contributed by atoms with van der Waals surface area (Å²) in [4.78, 5) is 7.06. The molecule has 0 amide bonds. The van der Waals surface area contributed by atoms with Crippen molar-refractivity contribution in [3.05, 3.63) is 5.82 Å². The highest BCUT2D eigenvalue weighted by Gasteiger charge is 2.14. The summed E-state index contributed by atoms with van der Waals surface area (Å²) in [5, 5.41) is 4.45. The van der Waals surface area contributed by atoms with Crippen LogP contribution in [0.5, 0.6) is 0 Å². The Hall–Kier alpha value is -0.680. The standard InChI is InChI=1S/C13H24N4S/c1-3-7-12-15-13(18-16-12)14-11(2)10-17-8-5-4-6-9-17/h11H,3-10H2,1-2H3,(H,14,15,16). The minimum atomic E-state index is 0.450. The summed E-state index contributed by atoms with van der Waals surface area (Å²) in [5.74, 6) is 0.982. The van der Waals surface area contributed by atoms with Crippen molar-refractivity contribution >= 4 is 16.7 Å². The fraction of sp³-hybridized carbons (Fsp3) is 0.846. The van der Waals surface area contributed by atoms with Crippen molar-refractivity contribution in [1.82, 2.24) is 14.3 Å². The monoisotopic (exact) mass is 268 g/mol. The summed E-state index contributed by atoms with van der Waals surface area (Å²) in [6, 6.07) is 0.450. The summed E-state index contributed by atoms with van der Waals surface area (Å²) in [6.45, 7) is 8.01. The van der Waals surface area contributed by atoms with Gasteiger partial charge in [-0.1, -0.05) is 13.3 Å². The molecule has 0 radical (unpaired) electrons. The third-order valence-electron chi connectivity index (χ3n) is 3.29. The average Bonchev–Trinajstić information content (AvgIpc) is 2.78. The first-order valence-corrected chi connectivity index (χ1v) is 7.86. The molecule has 2 heterocycles. The number of nitrogens with one attached hydrogen (secondary N) is 1. The van der Waals surface area contributed by atoms with Gasteiger partial charge >= 0.3 is 0 Å². The van der Waals surface area contributed by atoms with Gasteiger partial charge in [-0.2, -0.15) is 4.37 Å². The summed E-state index contributed by atoms with van der Waals surface area (Å²) in [6.07, 6.45) is 6.20. The highest BCUT2D eigenvalue weighted by atomic mass is 32.1. The fourth-order valence-electron chi connectivity index (χ4n) is 2.42. The molecule has 0 spiro atoms. The third-order valence-corrected chi connectivity index (χ3v) is 3.98. The molecular formula is C13H24N4S. The van der Waals surface area contributed by atoms with E-state index in [0.29, 0.717) is 6.04 Å². The van der Waals surface area contributed by atoms with Gasteiger partial charge in [0.2, 0.25) is 5.13 Å². The Kier molecular flexibility index (Phi) is 5.38. The maximum atomic E-state index is 4.51. The zero-order chi connectivity index (χ0) is 12.8. The van der Waals surface area contributed by atoms with Crippen LogP contribution < -0.4 is 5.32 Å². The molecule has 0 aromatic carbocycles. The van der Waals surface area contributed by atoms with Crippen LogP contribution in [0, 0.1) is 0 Å². The number of hydrogen-bond acceptors (Lipinski definition) is 5. The lowest BCUT2D eigenvalue weighted by molar-refractivity contribution is 0.223. The van der Waals surface area contributed by atoms with Crippen LogP contribution >= 0.6 is 11.5 Å². The Bertz CT molecular complexity index is 347. The number of likely N-dealkylation sites (tertiary alicyclic amines) is 1. The molecule has 1 fully saturated rings. The van der Waals surface area contributed by atoms with Gasteiger partial charge in [-0.25, -0.2) is 4.98 Å². The van der Waals surface area contributed by atoms with E-state index in [9.17, 15) is 0 Å². The van der Waals surface area contributed by atoms with Gasteiger partial charge in [0.25, 0.3) is 0 Å². The van der Waals surface area contributed by atoms with Crippen molar-refractivity contribution in [2.45, 2.75) is 52.0 Å². The molecule has 5 heteroatoms. The number of nitrogens with zero attached hydrogens (tertiary/aromatic N) is 3. The molecule has 1 unspecified atom stereocenters. The molecule has 1 aromatic heterocycles. The Balaban J connectivity index is 1.76. The predicted octanol–water partition coefficient (Wildman–Crippen LogP) is 2.78. The van der Waals surface area contributed by atoms with Crippen LogP contribution in [-0.4, -0.2) is 39.9 Å². The minimum Gasteiger partial charge on any atom is -0.357 e. The maximum Gasteiger partial charge on any atom is 0.202 e. The number of aryl methyl sites for hydroxylation is 1. The Labute approximate surface area is 114 Å². The van der Waals surface area contributed by atoms with Crippen LogP contribution in [0.3, 0.4) is 0 Å². The largest absolute Gasteiger partial charge is 0.357 e. The first kappa shape index (κ1) is 13.7. The van der Waals surface area contributed by atoms with Gasteiger partial charge in [-0.05, 0) is 39.3 Å². The minimum absolute atomic E-state index is 0.450. The zero-order valence-corrected chi connectivity index (χ0v) is 12.3. The second-order valence-electron chi connectivity index (χ2n) is 5.17. The normalized spacial score (nSPS) is 18.8. The van der Waals surface area contributed by atoms with E-state index in [1.807, 2.05) is 0 Å². The number of rotatable bonds is 6.